The van der Waals surface area contributed by atoms with Crippen LogP contribution in [0.15, 0.2) is 36.4 Å². The van der Waals surface area contributed by atoms with E-state index in [4.69, 9.17) is 15.2 Å². The standard InChI is InChI=1S/C18H22N2O3.ClH/c19-18(21)12-23-17-8-7-13-4-1-2-6-15(13)16(17)11-20-10-14-5-3-9-22-14;/h1-2,4,6-8,14,20H,3,5,9-12H2,(H2,19,21);1H. The van der Waals surface area contributed by atoms with Gasteiger partial charge in [-0.1, -0.05) is 30.3 Å². The summed E-state index contributed by atoms with van der Waals surface area (Å²) in [6, 6.07) is 12.0. The number of rotatable bonds is 7. The number of carbonyl (C=O) groups excluding carboxylic acids is 1. The first-order chi connectivity index (χ1) is 11.2. The van der Waals surface area contributed by atoms with E-state index in [0.717, 1.165) is 42.3 Å². The molecule has 5 nitrogen and oxygen atoms in total. The summed E-state index contributed by atoms with van der Waals surface area (Å²) in [5.41, 5.74) is 6.23. The highest BCUT2D eigenvalue weighted by Gasteiger charge is 2.16. The lowest BCUT2D eigenvalue weighted by molar-refractivity contribution is -0.119. The Balaban J connectivity index is 0.00000208. The second-order valence-corrected chi connectivity index (χ2v) is 5.78. The number of ether oxygens (including phenoxy) is 2. The third kappa shape index (κ3) is 4.60. The van der Waals surface area contributed by atoms with Crippen molar-refractivity contribution < 1.29 is 14.3 Å². The molecule has 0 saturated carbocycles. The largest absolute Gasteiger partial charge is 0.483 e. The lowest BCUT2D eigenvalue weighted by Crippen LogP contribution is -2.26. The average molecular weight is 351 g/mol. The molecule has 1 fully saturated rings. The molecule has 2 aromatic rings. The smallest absolute Gasteiger partial charge is 0.255 e. The zero-order valence-corrected chi connectivity index (χ0v) is 14.3. The third-order valence-corrected chi connectivity index (χ3v) is 4.07. The Morgan fingerprint density at radius 3 is 2.88 bits per heavy atom. The quantitative estimate of drug-likeness (QED) is 0.804. The van der Waals surface area contributed by atoms with Crippen LogP contribution in [0.4, 0.5) is 0 Å². The number of benzene rings is 2. The van der Waals surface area contributed by atoms with Gasteiger partial charge in [0.05, 0.1) is 6.10 Å². The molecule has 1 heterocycles. The van der Waals surface area contributed by atoms with E-state index in [1.54, 1.807) is 0 Å². The highest BCUT2D eigenvalue weighted by molar-refractivity contribution is 5.88. The van der Waals surface area contributed by atoms with Crippen molar-refractivity contribution in [3.63, 3.8) is 0 Å². The lowest BCUT2D eigenvalue weighted by atomic mass is 10.0. The lowest BCUT2D eigenvalue weighted by Gasteiger charge is -2.16. The van der Waals surface area contributed by atoms with Gasteiger partial charge in [0.1, 0.15) is 5.75 Å². The number of hydrogen-bond acceptors (Lipinski definition) is 4. The van der Waals surface area contributed by atoms with Gasteiger partial charge >= 0.3 is 0 Å². The summed E-state index contributed by atoms with van der Waals surface area (Å²) in [5.74, 6) is 0.221. The van der Waals surface area contributed by atoms with Crippen LogP contribution in [-0.4, -0.2) is 31.8 Å². The Hall–Kier alpha value is -1.82. The van der Waals surface area contributed by atoms with Gasteiger partial charge in [-0.05, 0) is 29.7 Å². The second kappa shape index (κ2) is 8.87. The Labute approximate surface area is 147 Å². The number of nitrogens with two attached hydrogens (primary N) is 1. The number of primary amides is 1. The van der Waals surface area contributed by atoms with Crippen LogP contribution in [0.2, 0.25) is 0 Å². The Morgan fingerprint density at radius 1 is 1.29 bits per heavy atom. The Kier molecular flexibility index (Phi) is 6.85. The zero-order chi connectivity index (χ0) is 16.1. The number of fused-ring (bicyclic) bond motifs is 1. The van der Waals surface area contributed by atoms with Gasteiger partial charge in [0.2, 0.25) is 0 Å². The van der Waals surface area contributed by atoms with E-state index in [9.17, 15) is 4.79 Å². The summed E-state index contributed by atoms with van der Waals surface area (Å²) in [5, 5.41) is 5.71. The van der Waals surface area contributed by atoms with Crippen molar-refractivity contribution in [1.29, 1.82) is 0 Å². The highest BCUT2D eigenvalue weighted by Crippen LogP contribution is 2.28. The fraction of sp³-hybridized carbons (Fsp3) is 0.389. The molecule has 2 aromatic carbocycles. The third-order valence-electron chi connectivity index (χ3n) is 4.07. The summed E-state index contributed by atoms with van der Waals surface area (Å²) < 4.78 is 11.2. The van der Waals surface area contributed by atoms with Crippen LogP contribution in [0.1, 0.15) is 18.4 Å². The second-order valence-electron chi connectivity index (χ2n) is 5.78. The first kappa shape index (κ1) is 18.5. The molecule has 1 unspecified atom stereocenters. The molecular formula is C18H23ClN2O3. The molecule has 1 aliphatic heterocycles. The van der Waals surface area contributed by atoms with Crippen LogP contribution in [0, 0.1) is 0 Å². The van der Waals surface area contributed by atoms with Crippen molar-refractivity contribution in [3.8, 4) is 5.75 Å². The Morgan fingerprint density at radius 2 is 2.12 bits per heavy atom. The molecule has 1 atom stereocenters. The van der Waals surface area contributed by atoms with Gasteiger partial charge in [-0.2, -0.15) is 0 Å². The fourth-order valence-electron chi connectivity index (χ4n) is 2.95. The van der Waals surface area contributed by atoms with Gasteiger partial charge in [-0.25, -0.2) is 0 Å². The van der Waals surface area contributed by atoms with E-state index >= 15 is 0 Å². The van der Waals surface area contributed by atoms with Crippen molar-refractivity contribution >= 4 is 29.1 Å². The number of nitrogens with one attached hydrogen (secondary N) is 1. The van der Waals surface area contributed by atoms with E-state index in [1.807, 2.05) is 24.3 Å². The highest BCUT2D eigenvalue weighted by atomic mass is 35.5. The van der Waals surface area contributed by atoms with Crippen molar-refractivity contribution in [2.45, 2.75) is 25.5 Å². The van der Waals surface area contributed by atoms with Gasteiger partial charge in [-0.3, -0.25) is 4.79 Å². The van der Waals surface area contributed by atoms with Crippen LogP contribution < -0.4 is 15.8 Å². The maximum absolute atomic E-state index is 11.0. The molecule has 0 bridgehead atoms. The number of hydrogen-bond donors (Lipinski definition) is 2. The summed E-state index contributed by atoms with van der Waals surface area (Å²) >= 11 is 0. The molecule has 1 amide bonds. The molecular weight excluding hydrogens is 328 g/mol. The first-order valence-corrected chi connectivity index (χ1v) is 7.98. The van der Waals surface area contributed by atoms with Crippen molar-refractivity contribution in [3.05, 3.63) is 42.0 Å². The van der Waals surface area contributed by atoms with Gasteiger partial charge in [0.15, 0.2) is 6.61 Å². The molecule has 3 rings (SSSR count). The number of amides is 1. The minimum Gasteiger partial charge on any atom is -0.483 e. The molecule has 130 valence electrons. The fourth-order valence-corrected chi connectivity index (χ4v) is 2.95. The van der Waals surface area contributed by atoms with Gasteiger partial charge in [0.25, 0.3) is 5.91 Å². The molecule has 3 N–H and O–H groups in total. The van der Waals surface area contributed by atoms with E-state index in [-0.39, 0.29) is 19.0 Å². The molecule has 1 aliphatic rings. The first-order valence-electron chi connectivity index (χ1n) is 7.98. The van der Waals surface area contributed by atoms with E-state index < -0.39 is 5.91 Å². The molecule has 24 heavy (non-hydrogen) atoms. The maximum atomic E-state index is 11.0. The zero-order valence-electron chi connectivity index (χ0n) is 13.5. The topological polar surface area (TPSA) is 73.6 Å². The van der Waals surface area contributed by atoms with E-state index in [1.165, 1.54) is 0 Å². The van der Waals surface area contributed by atoms with Crippen LogP contribution in [0.25, 0.3) is 10.8 Å². The molecule has 1 saturated heterocycles. The van der Waals surface area contributed by atoms with Crippen LogP contribution >= 0.6 is 12.4 Å². The molecule has 0 spiro atoms. The minimum absolute atomic E-state index is 0. The van der Waals surface area contributed by atoms with Crippen molar-refractivity contribution in [1.82, 2.24) is 5.32 Å². The monoisotopic (exact) mass is 350 g/mol. The summed E-state index contributed by atoms with van der Waals surface area (Å²) in [6.07, 6.45) is 2.53. The maximum Gasteiger partial charge on any atom is 0.255 e. The minimum atomic E-state index is -0.476. The molecule has 6 heteroatoms. The number of carbonyl (C=O) groups is 1. The van der Waals surface area contributed by atoms with Crippen LogP contribution in [0.5, 0.6) is 5.75 Å². The number of halogens is 1. The van der Waals surface area contributed by atoms with Gasteiger partial charge < -0.3 is 20.5 Å². The SMILES string of the molecule is Cl.NC(=O)COc1ccc2ccccc2c1CNCC1CCCO1. The predicted molar refractivity (Wildman–Crippen MR) is 96.6 cm³/mol. The van der Waals surface area contributed by atoms with Crippen LogP contribution in [-0.2, 0) is 16.1 Å². The normalized spacial score (nSPS) is 16.8. The summed E-state index contributed by atoms with van der Waals surface area (Å²) in [6.45, 7) is 2.22. The molecule has 0 aromatic heterocycles. The van der Waals surface area contributed by atoms with E-state index in [2.05, 4.69) is 17.4 Å². The van der Waals surface area contributed by atoms with Crippen molar-refractivity contribution in [2.24, 2.45) is 5.73 Å². The summed E-state index contributed by atoms with van der Waals surface area (Å²) in [7, 11) is 0. The Bertz CT molecular complexity index is 687. The summed E-state index contributed by atoms with van der Waals surface area (Å²) in [4.78, 5) is 11.0. The van der Waals surface area contributed by atoms with Crippen molar-refractivity contribution in [2.75, 3.05) is 19.8 Å². The predicted octanol–water partition coefficient (Wildman–Crippen LogP) is 2.39. The van der Waals surface area contributed by atoms with Gasteiger partial charge in [0, 0.05) is 25.3 Å². The molecule has 0 aliphatic carbocycles. The average Bonchev–Trinajstić information content (AvgIpc) is 3.07. The van der Waals surface area contributed by atoms with Crippen LogP contribution in [0.3, 0.4) is 0 Å². The van der Waals surface area contributed by atoms with Gasteiger partial charge in [-0.15, -0.1) is 12.4 Å². The molecule has 0 radical (unpaired) electrons. The van der Waals surface area contributed by atoms with E-state index in [0.29, 0.717) is 18.4 Å².